The molecule has 1 unspecified atom stereocenters. The van der Waals surface area contributed by atoms with Gasteiger partial charge in [0.05, 0.1) is 4.88 Å². The maximum Gasteiger partial charge on any atom is 0.245 e. The molecule has 24 heavy (non-hydrogen) atoms. The highest BCUT2D eigenvalue weighted by molar-refractivity contribution is 7.71. The van der Waals surface area contributed by atoms with Crippen LogP contribution < -0.4 is 0 Å². The van der Waals surface area contributed by atoms with Crippen molar-refractivity contribution in [2.75, 3.05) is 13.1 Å². The predicted molar refractivity (Wildman–Crippen MR) is 102 cm³/mol. The van der Waals surface area contributed by atoms with Gasteiger partial charge in [-0.2, -0.15) is 5.10 Å². The number of aromatic amines is 1. The number of nitrogens with zero attached hydrogens (tertiary/aromatic N) is 3. The molecule has 0 bridgehead atoms. The molecule has 0 saturated carbocycles. The lowest BCUT2D eigenvalue weighted by Gasteiger charge is -2.28. The quantitative estimate of drug-likeness (QED) is 0.699. The van der Waals surface area contributed by atoms with Crippen molar-refractivity contribution in [3.8, 4) is 10.7 Å². The Labute approximate surface area is 152 Å². The fourth-order valence-corrected chi connectivity index (χ4v) is 3.85. The van der Waals surface area contributed by atoms with Crippen molar-refractivity contribution in [3.63, 3.8) is 0 Å². The lowest BCUT2D eigenvalue weighted by molar-refractivity contribution is -0.134. The molecule has 2 heterocycles. The van der Waals surface area contributed by atoms with Gasteiger partial charge in [-0.25, -0.2) is 0 Å². The molecule has 1 N–H and O–H groups in total. The minimum absolute atomic E-state index is 0.0970. The standard InChI is InChI=1S/C17H26N4OS2/c1-5-13(6-2)11-20(7-3)16(22)12(4)21-15(18-19-17(21)23)14-9-8-10-24-14/h8-10,12-13H,5-7,11H2,1-4H3,(H,19,23). The molecule has 0 radical (unpaired) electrons. The molecular formula is C17H26N4OS2. The Hall–Kier alpha value is -1.47. The van der Waals surface area contributed by atoms with Crippen LogP contribution in [-0.2, 0) is 4.79 Å². The van der Waals surface area contributed by atoms with E-state index in [4.69, 9.17) is 12.2 Å². The van der Waals surface area contributed by atoms with Crippen LogP contribution in [0.2, 0.25) is 0 Å². The monoisotopic (exact) mass is 366 g/mol. The van der Waals surface area contributed by atoms with Gasteiger partial charge in [-0.1, -0.05) is 32.8 Å². The number of thiophene rings is 1. The predicted octanol–water partition coefficient (Wildman–Crippen LogP) is 4.51. The van der Waals surface area contributed by atoms with E-state index in [2.05, 4.69) is 24.0 Å². The van der Waals surface area contributed by atoms with E-state index >= 15 is 0 Å². The molecule has 7 heteroatoms. The molecule has 0 aromatic carbocycles. The first-order valence-electron chi connectivity index (χ1n) is 8.52. The molecule has 0 saturated heterocycles. The highest BCUT2D eigenvalue weighted by atomic mass is 32.1. The summed E-state index contributed by atoms with van der Waals surface area (Å²) in [5.41, 5.74) is 0. The van der Waals surface area contributed by atoms with Crippen LogP contribution in [0, 0.1) is 10.7 Å². The normalized spacial score (nSPS) is 12.5. The second-order valence-corrected chi connectivity index (χ2v) is 7.27. The molecule has 2 aromatic rings. The number of likely N-dealkylation sites (N-methyl/N-ethyl adjacent to an activating group) is 1. The highest BCUT2D eigenvalue weighted by Crippen LogP contribution is 2.26. The number of H-pyrrole nitrogens is 1. The molecule has 132 valence electrons. The zero-order valence-corrected chi connectivity index (χ0v) is 16.4. The number of hydrogen-bond donors (Lipinski definition) is 1. The van der Waals surface area contributed by atoms with Crippen molar-refractivity contribution in [1.29, 1.82) is 0 Å². The van der Waals surface area contributed by atoms with Crippen LogP contribution in [0.3, 0.4) is 0 Å². The van der Waals surface area contributed by atoms with E-state index in [1.54, 1.807) is 11.3 Å². The third kappa shape index (κ3) is 3.95. The summed E-state index contributed by atoms with van der Waals surface area (Å²) in [4.78, 5) is 16.0. The van der Waals surface area contributed by atoms with E-state index < -0.39 is 0 Å². The Morgan fingerprint density at radius 1 is 1.42 bits per heavy atom. The summed E-state index contributed by atoms with van der Waals surface area (Å²) in [5.74, 6) is 1.37. The fourth-order valence-electron chi connectivity index (χ4n) is 2.85. The van der Waals surface area contributed by atoms with Gasteiger partial charge in [0.1, 0.15) is 6.04 Å². The first kappa shape index (κ1) is 18.9. The van der Waals surface area contributed by atoms with Crippen molar-refractivity contribution in [2.24, 2.45) is 5.92 Å². The second-order valence-electron chi connectivity index (χ2n) is 5.94. The summed E-state index contributed by atoms with van der Waals surface area (Å²) >= 11 is 6.97. The van der Waals surface area contributed by atoms with Gasteiger partial charge < -0.3 is 4.90 Å². The minimum Gasteiger partial charge on any atom is -0.341 e. The van der Waals surface area contributed by atoms with Gasteiger partial charge >= 0.3 is 0 Å². The number of rotatable bonds is 8. The SMILES string of the molecule is CCC(CC)CN(CC)C(=O)C(C)n1c(-c2cccs2)n[nH]c1=S. The lowest BCUT2D eigenvalue weighted by Crippen LogP contribution is -2.39. The van der Waals surface area contributed by atoms with Gasteiger partial charge in [0.25, 0.3) is 0 Å². The lowest BCUT2D eigenvalue weighted by atomic mass is 10.0. The third-order valence-electron chi connectivity index (χ3n) is 4.52. The van der Waals surface area contributed by atoms with Gasteiger partial charge in [0.15, 0.2) is 10.6 Å². The molecule has 1 atom stereocenters. The third-order valence-corrected chi connectivity index (χ3v) is 5.67. The molecule has 2 rings (SSSR count). The van der Waals surface area contributed by atoms with Crippen LogP contribution >= 0.6 is 23.6 Å². The highest BCUT2D eigenvalue weighted by Gasteiger charge is 2.26. The van der Waals surface area contributed by atoms with Gasteiger partial charge in [0, 0.05) is 13.1 Å². The van der Waals surface area contributed by atoms with Gasteiger partial charge in [-0.15, -0.1) is 11.3 Å². The Bertz CT molecular complexity index is 700. The van der Waals surface area contributed by atoms with Crippen molar-refractivity contribution in [2.45, 2.75) is 46.6 Å². The number of carbonyl (C=O) groups excluding carboxylic acids is 1. The van der Waals surface area contributed by atoms with Crippen LogP contribution in [0.5, 0.6) is 0 Å². The van der Waals surface area contributed by atoms with Crippen molar-refractivity contribution >= 4 is 29.5 Å². The van der Waals surface area contributed by atoms with Crippen LogP contribution in [-0.4, -0.2) is 38.7 Å². The van der Waals surface area contributed by atoms with Gasteiger partial charge in [0.2, 0.25) is 5.91 Å². The van der Waals surface area contributed by atoms with Crippen LogP contribution in [0.25, 0.3) is 10.7 Å². The Morgan fingerprint density at radius 3 is 2.67 bits per heavy atom. The average Bonchev–Trinajstić information content (AvgIpc) is 3.24. The van der Waals surface area contributed by atoms with Crippen LogP contribution in [0.1, 0.15) is 46.6 Å². The van der Waals surface area contributed by atoms with Crippen LogP contribution in [0.15, 0.2) is 17.5 Å². The molecule has 5 nitrogen and oxygen atoms in total. The summed E-state index contributed by atoms with van der Waals surface area (Å²) in [6.07, 6.45) is 2.17. The van der Waals surface area contributed by atoms with Gasteiger partial charge in [-0.3, -0.25) is 14.5 Å². The molecule has 0 spiro atoms. The zero-order chi connectivity index (χ0) is 17.7. The maximum absolute atomic E-state index is 13.0. The Kier molecular flexibility index (Phi) is 6.74. The van der Waals surface area contributed by atoms with E-state index in [1.165, 1.54) is 0 Å². The largest absolute Gasteiger partial charge is 0.341 e. The first-order chi connectivity index (χ1) is 11.5. The fraction of sp³-hybridized carbons (Fsp3) is 0.588. The average molecular weight is 367 g/mol. The molecule has 0 aliphatic carbocycles. The number of hydrogen-bond acceptors (Lipinski definition) is 4. The first-order valence-corrected chi connectivity index (χ1v) is 9.81. The molecule has 0 aliphatic rings. The molecule has 0 aliphatic heterocycles. The summed E-state index contributed by atoms with van der Waals surface area (Å²) < 4.78 is 2.32. The second kappa shape index (κ2) is 8.58. The smallest absolute Gasteiger partial charge is 0.245 e. The Balaban J connectivity index is 2.27. The molecule has 1 amide bonds. The summed E-state index contributed by atoms with van der Waals surface area (Å²) in [5, 5.41) is 9.15. The van der Waals surface area contributed by atoms with E-state index in [0.29, 0.717) is 17.2 Å². The van der Waals surface area contributed by atoms with Gasteiger partial charge in [-0.05, 0) is 43.4 Å². The van der Waals surface area contributed by atoms with E-state index in [0.717, 1.165) is 30.1 Å². The van der Waals surface area contributed by atoms with Crippen molar-refractivity contribution < 1.29 is 4.79 Å². The summed E-state index contributed by atoms with van der Waals surface area (Å²) in [7, 11) is 0. The number of aromatic nitrogens is 3. The summed E-state index contributed by atoms with van der Waals surface area (Å²) in [6, 6.07) is 3.59. The van der Waals surface area contributed by atoms with E-state index in [1.807, 2.05) is 40.8 Å². The zero-order valence-electron chi connectivity index (χ0n) is 14.8. The summed E-state index contributed by atoms with van der Waals surface area (Å²) in [6.45, 7) is 9.79. The van der Waals surface area contributed by atoms with E-state index in [-0.39, 0.29) is 11.9 Å². The number of nitrogens with one attached hydrogen (secondary N) is 1. The molecule has 2 aromatic heterocycles. The number of carbonyl (C=O) groups is 1. The van der Waals surface area contributed by atoms with Crippen molar-refractivity contribution in [1.82, 2.24) is 19.7 Å². The maximum atomic E-state index is 13.0. The van der Waals surface area contributed by atoms with E-state index in [9.17, 15) is 4.79 Å². The molecular weight excluding hydrogens is 340 g/mol. The van der Waals surface area contributed by atoms with Crippen LogP contribution in [0.4, 0.5) is 0 Å². The Morgan fingerprint density at radius 2 is 2.12 bits per heavy atom. The number of amides is 1. The topological polar surface area (TPSA) is 53.9 Å². The van der Waals surface area contributed by atoms with Crippen molar-refractivity contribution in [3.05, 3.63) is 22.3 Å². The molecule has 0 fully saturated rings. The minimum atomic E-state index is -0.373.